The number of amides is 3. The average Bonchev–Trinajstić information content (AvgIpc) is 3.13. The van der Waals surface area contributed by atoms with Gasteiger partial charge in [-0.3, -0.25) is 24.1 Å². The van der Waals surface area contributed by atoms with Crippen molar-refractivity contribution in [3.05, 3.63) is 65.2 Å². The first-order valence-electron chi connectivity index (χ1n) is 14.3. The van der Waals surface area contributed by atoms with E-state index in [-0.39, 0.29) is 23.7 Å². The lowest BCUT2D eigenvalue weighted by molar-refractivity contribution is -0.154. The molecule has 0 unspecified atom stereocenters. The normalized spacial score (nSPS) is 13.1. The number of anilines is 1. The highest BCUT2D eigenvalue weighted by atomic mass is 16.6. The van der Waals surface area contributed by atoms with Crippen LogP contribution in [0.5, 0.6) is 0 Å². The van der Waals surface area contributed by atoms with Crippen molar-refractivity contribution >= 4 is 29.4 Å². The number of imide groups is 1. The second-order valence-electron chi connectivity index (χ2n) is 11.5. The van der Waals surface area contributed by atoms with Crippen LogP contribution in [0, 0.1) is 0 Å². The maximum Gasteiger partial charge on any atom is 0.306 e. The van der Waals surface area contributed by atoms with Crippen molar-refractivity contribution in [2.75, 3.05) is 25.5 Å². The van der Waals surface area contributed by atoms with E-state index in [2.05, 4.69) is 10.2 Å². The second-order valence-corrected chi connectivity index (χ2v) is 11.5. The lowest BCUT2D eigenvalue weighted by Gasteiger charge is -2.19. The molecule has 0 aromatic heterocycles. The summed E-state index contributed by atoms with van der Waals surface area (Å²) < 4.78 is 5.31. The maximum absolute atomic E-state index is 12.5. The van der Waals surface area contributed by atoms with Gasteiger partial charge in [0, 0.05) is 31.6 Å². The number of esters is 1. The first-order chi connectivity index (χ1) is 19.0. The number of benzene rings is 2. The molecule has 8 heteroatoms. The van der Waals surface area contributed by atoms with Crippen LogP contribution in [0.25, 0.3) is 0 Å². The molecule has 0 fully saturated rings. The smallest absolute Gasteiger partial charge is 0.306 e. The molecule has 8 nitrogen and oxygen atoms in total. The highest BCUT2D eigenvalue weighted by Crippen LogP contribution is 2.22. The Labute approximate surface area is 238 Å². The topological polar surface area (TPSA) is 96.0 Å². The predicted molar refractivity (Wildman–Crippen MR) is 156 cm³/mol. The van der Waals surface area contributed by atoms with Crippen molar-refractivity contribution in [3.63, 3.8) is 0 Å². The number of hydrogen-bond donors (Lipinski definition) is 1. The summed E-state index contributed by atoms with van der Waals surface area (Å²) in [6.07, 6.45) is 5.87. The van der Waals surface area contributed by atoms with Crippen molar-refractivity contribution in [2.45, 2.75) is 84.3 Å². The second kappa shape index (κ2) is 14.7. The van der Waals surface area contributed by atoms with Crippen molar-refractivity contribution < 1.29 is 23.9 Å². The number of rotatable bonds is 15. The van der Waals surface area contributed by atoms with Gasteiger partial charge >= 0.3 is 5.97 Å². The summed E-state index contributed by atoms with van der Waals surface area (Å²) in [6, 6.07) is 14.9. The van der Waals surface area contributed by atoms with Crippen molar-refractivity contribution in [1.29, 1.82) is 0 Å². The molecule has 216 valence electrons. The van der Waals surface area contributed by atoms with Gasteiger partial charge in [0.25, 0.3) is 11.8 Å². The fourth-order valence-corrected chi connectivity index (χ4v) is 4.70. The molecular weight excluding hydrogens is 506 g/mol. The first-order valence-corrected chi connectivity index (χ1v) is 14.3. The minimum Gasteiger partial charge on any atom is -0.460 e. The molecule has 2 aromatic rings. The fourth-order valence-electron chi connectivity index (χ4n) is 4.70. The van der Waals surface area contributed by atoms with Gasteiger partial charge < -0.3 is 15.0 Å². The lowest BCUT2D eigenvalue weighted by atomic mass is 10.1. The summed E-state index contributed by atoms with van der Waals surface area (Å²) in [4.78, 5) is 52.5. The number of ether oxygens (including phenoxy) is 1. The molecule has 1 aliphatic rings. The minimum atomic E-state index is -0.446. The van der Waals surface area contributed by atoms with Crippen molar-refractivity contribution in [3.8, 4) is 0 Å². The van der Waals surface area contributed by atoms with Crippen LogP contribution < -0.4 is 5.32 Å². The predicted octanol–water partition coefficient (Wildman–Crippen LogP) is 5.82. The third-order valence-electron chi connectivity index (χ3n) is 6.69. The Morgan fingerprint density at radius 1 is 0.825 bits per heavy atom. The van der Waals surface area contributed by atoms with E-state index >= 15 is 0 Å². The van der Waals surface area contributed by atoms with E-state index < -0.39 is 5.60 Å². The van der Waals surface area contributed by atoms with E-state index in [9.17, 15) is 19.2 Å². The SMILES string of the molecule is CN(CCCCN1C(=O)c2ccccc2C1=O)Cc1ccc(NC(=O)CCCCCCC(=O)OC(C)(C)C)cc1. The van der Waals surface area contributed by atoms with Crippen LogP contribution in [0.2, 0.25) is 0 Å². The van der Waals surface area contributed by atoms with E-state index in [1.807, 2.05) is 52.1 Å². The first kappa shape index (κ1) is 31.0. The standard InChI is InChI=1S/C32H43N3O5/c1-32(2,3)40-29(37)16-8-6-5-7-15-28(36)33-25-19-17-24(18-20-25)23-34(4)21-11-12-22-35-30(38)26-13-9-10-14-27(26)31(35)39/h9-10,13-14,17-20H,5-8,11-12,15-16,21-23H2,1-4H3,(H,33,36). The number of nitrogens with zero attached hydrogens (tertiary/aromatic N) is 2. The summed E-state index contributed by atoms with van der Waals surface area (Å²) in [5.74, 6) is -0.567. The number of unbranched alkanes of at least 4 members (excludes halogenated alkanes) is 4. The number of hydrogen-bond acceptors (Lipinski definition) is 6. The number of carbonyl (C=O) groups is 4. The fraction of sp³-hybridized carbons (Fsp3) is 0.500. The quantitative estimate of drug-likeness (QED) is 0.171. The molecule has 3 amide bonds. The maximum atomic E-state index is 12.5. The zero-order valence-corrected chi connectivity index (χ0v) is 24.3. The molecule has 0 aliphatic carbocycles. The van der Waals surface area contributed by atoms with Gasteiger partial charge in [0.05, 0.1) is 11.1 Å². The van der Waals surface area contributed by atoms with Gasteiger partial charge in [0.2, 0.25) is 5.91 Å². The Balaban J connectivity index is 1.26. The van der Waals surface area contributed by atoms with E-state index in [1.54, 1.807) is 24.3 Å². The molecule has 0 bridgehead atoms. The Morgan fingerprint density at radius 2 is 1.43 bits per heavy atom. The summed E-state index contributed by atoms with van der Waals surface area (Å²) in [7, 11) is 2.05. The van der Waals surface area contributed by atoms with E-state index in [4.69, 9.17) is 4.74 Å². The third-order valence-corrected chi connectivity index (χ3v) is 6.69. The van der Waals surface area contributed by atoms with Gasteiger partial charge in [-0.25, -0.2) is 0 Å². The molecule has 3 rings (SSSR count). The number of carbonyl (C=O) groups excluding carboxylic acids is 4. The zero-order valence-electron chi connectivity index (χ0n) is 24.3. The zero-order chi connectivity index (χ0) is 29.1. The van der Waals surface area contributed by atoms with Crippen LogP contribution in [-0.4, -0.2) is 59.2 Å². The number of nitrogens with one attached hydrogen (secondary N) is 1. The molecule has 0 radical (unpaired) electrons. The Kier molecular flexibility index (Phi) is 11.4. The Bertz CT molecular complexity index is 1130. The Morgan fingerprint density at radius 3 is 2.02 bits per heavy atom. The highest BCUT2D eigenvalue weighted by molar-refractivity contribution is 6.21. The molecule has 2 aromatic carbocycles. The van der Waals surface area contributed by atoms with Crippen LogP contribution in [-0.2, 0) is 20.9 Å². The lowest BCUT2D eigenvalue weighted by Crippen LogP contribution is -2.31. The molecule has 0 spiro atoms. The Hall–Kier alpha value is -3.52. The minimum absolute atomic E-state index is 0.00456. The van der Waals surface area contributed by atoms with Crippen LogP contribution >= 0.6 is 0 Å². The molecule has 40 heavy (non-hydrogen) atoms. The number of fused-ring (bicyclic) bond motifs is 1. The van der Waals surface area contributed by atoms with Crippen molar-refractivity contribution in [2.24, 2.45) is 0 Å². The molecule has 0 saturated heterocycles. The monoisotopic (exact) mass is 549 g/mol. The van der Waals surface area contributed by atoms with Crippen LogP contribution in [0.4, 0.5) is 5.69 Å². The largest absolute Gasteiger partial charge is 0.460 e. The summed E-state index contributed by atoms with van der Waals surface area (Å²) in [5, 5.41) is 2.95. The van der Waals surface area contributed by atoms with Gasteiger partial charge in [-0.1, -0.05) is 37.1 Å². The van der Waals surface area contributed by atoms with E-state index in [0.29, 0.717) is 30.5 Å². The van der Waals surface area contributed by atoms with E-state index in [0.717, 1.165) is 62.9 Å². The van der Waals surface area contributed by atoms with Crippen LogP contribution in [0.1, 0.15) is 98.4 Å². The van der Waals surface area contributed by atoms with Crippen molar-refractivity contribution in [1.82, 2.24) is 9.80 Å². The summed E-state index contributed by atoms with van der Waals surface area (Å²) in [5.41, 5.74) is 2.47. The summed E-state index contributed by atoms with van der Waals surface area (Å²) >= 11 is 0. The molecule has 1 N–H and O–H groups in total. The molecule has 1 heterocycles. The highest BCUT2D eigenvalue weighted by Gasteiger charge is 2.34. The van der Waals surface area contributed by atoms with Gasteiger partial charge in [0.15, 0.2) is 0 Å². The van der Waals surface area contributed by atoms with Crippen LogP contribution in [0.3, 0.4) is 0 Å². The third kappa shape index (κ3) is 9.90. The summed E-state index contributed by atoms with van der Waals surface area (Å²) in [6.45, 7) is 7.64. The van der Waals surface area contributed by atoms with E-state index in [1.165, 1.54) is 4.90 Å². The molecule has 0 atom stereocenters. The van der Waals surface area contributed by atoms with Crippen LogP contribution in [0.15, 0.2) is 48.5 Å². The van der Waals surface area contributed by atoms with Gasteiger partial charge in [-0.2, -0.15) is 0 Å². The van der Waals surface area contributed by atoms with Gasteiger partial charge in [0.1, 0.15) is 5.60 Å². The van der Waals surface area contributed by atoms with Gasteiger partial charge in [-0.15, -0.1) is 0 Å². The average molecular weight is 550 g/mol. The molecule has 0 saturated carbocycles. The molecular formula is C32H43N3O5. The van der Waals surface area contributed by atoms with Gasteiger partial charge in [-0.05, 0) is 89.9 Å². The molecule has 1 aliphatic heterocycles.